The van der Waals surface area contributed by atoms with E-state index >= 15 is 0 Å². The van der Waals surface area contributed by atoms with Crippen LogP contribution in [0.1, 0.15) is 5.69 Å². The standard InChI is InChI=1S/C11H18N2O2S2/c1-17(14,15)9-8-16-7-6-12-10-11-4-2-3-5-13-11/h2-5,12H,6-10H2,1H3. The highest BCUT2D eigenvalue weighted by molar-refractivity contribution is 8.00. The molecule has 0 aliphatic heterocycles. The van der Waals surface area contributed by atoms with Crippen LogP contribution in [0.15, 0.2) is 24.4 Å². The van der Waals surface area contributed by atoms with Crippen molar-refractivity contribution in [1.82, 2.24) is 10.3 Å². The molecule has 0 amide bonds. The van der Waals surface area contributed by atoms with Crippen molar-refractivity contribution in [3.8, 4) is 0 Å². The van der Waals surface area contributed by atoms with Crippen LogP contribution in [0.5, 0.6) is 0 Å². The first-order valence-corrected chi connectivity index (χ1v) is 8.65. The van der Waals surface area contributed by atoms with Crippen molar-refractivity contribution in [2.24, 2.45) is 0 Å². The molecule has 1 heterocycles. The Bertz CT molecular complexity index is 407. The molecule has 0 radical (unpaired) electrons. The van der Waals surface area contributed by atoms with Gasteiger partial charge in [0.2, 0.25) is 0 Å². The smallest absolute Gasteiger partial charge is 0.148 e. The molecule has 1 rings (SSSR count). The lowest BCUT2D eigenvalue weighted by atomic mass is 10.3. The maximum Gasteiger partial charge on any atom is 0.148 e. The summed E-state index contributed by atoms with van der Waals surface area (Å²) in [6, 6.07) is 5.83. The first-order chi connectivity index (χ1) is 8.08. The van der Waals surface area contributed by atoms with Gasteiger partial charge in [0.1, 0.15) is 9.84 Å². The van der Waals surface area contributed by atoms with Crippen LogP contribution in [0.4, 0.5) is 0 Å². The van der Waals surface area contributed by atoms with Gasteiger partial charge >= 0.3 is 0 Å². The van der Waals surface area contributed by atoms with E-state index in [1.807, 2.05) is 18.2 Å². The van der Waals surface area contributed by atoms with Crippen molar-refractivity contribution in [2.45, 2.75) is 6.54 Å². The van der Waals surface area contributed by atoms with Crippen molar-refractivity contribution in [1.29, 1.82) is 0 Å². The highest BCUT2D eigenvalue weighted by Gasteiger charge is 2.00. The molecule has 1 aromatic heterocycles. The minimum Gasteiger partial charge on any atom is -0.310 e. The predicted molar refractivity (Wildman–Crippen MR) is 73.0 cm³/mol. The second-order valence-electron chi connectivity index (χ2n) is 3.74. The van der Waals surface area contributed by atoms with Gasteiger partial charge in [0.05, 0.1) is 11.4 Å². The van der Waals surface area contributed by atoms with Crippen molar-refractivity contribution >= 4 is 21.6 Å². The zero-order valence-corrected chi connectivity index (χ0v) is 11.6. The molecule has 96 valence electrons. The van der Waals surface area contributed by atoms with E-state index in [-0.39, 0.29) is 5.75 Å². The largest absolute Gasteiger partial charge is 0.310 e. The normalized spacial score (nSPS) is 11.6. The number of thioether (sulfide) groups is 1. The van der Waals surface area contributed by atoms with Gasteiger partial charge in [-0.15, -0.1) is 0 Å². The van der Waals surface area contributed by atoms with E-state index in [1.165, 1.54) is 6.26 Å². The third-order valence-electron chi connectivity index (χ3n) is 2.05. The van der Waals surface area contributed by atoms with E-state index in [4.69, 9.17) is 0 Å². The molecule has 17 heavy (non-hydrogen) atoms. The Labute approximate surface area is 107 Å². The fourth-order valence-electron chi connectivity index (χ4n) is 1.18. The molecule has 4 nitrogen and oxygen atoms in total. The lowest BCUT2D eigenvalue weighted by Gasteiger charge is -2.04. The summed E-state index contributed by atoms with van der Waals surface area (Å²) in [5.74, 6) is 1.85. The van der Waals surface area contributed by atoms with E-state index < -0.39 is 9.84 Å². The lowest BCUT2D eigenvalue weighted by molar-refractivity contribution is 0.603. The van der Waals surface area contributed by atoms with Gasteiger partial charge in [0.25, 0.3) is 0 Å². The Morgan fingerprint density at radius 2 is 2.18 bits per heavy atom. The number of aromatic nitrogens is 1. The molecule has 0 aliphatic rings. The molecule has 0 saturated carbocycles. The van der Waals surface area contributed by atoms with Crippen molar-refractivity contribution < 1.29 is 8.42 Å². The summed E-state index contributed by atoms with van der Waals surface area (Å²) in [6.45, 7) is 1.62. The summed E-state index contributed by atoms with van der Waals surface area (Å²) < 4.78 is 21.7. The maximum absolute atomic E-state index is 10.9. The predicted octanol–water partition coefficient (Wildman–Crippen LogP) is 0.949. The van der Waals surface area contributed by atoms with Crippen LogP contribution in [0.3, 0.4) is 0 Å². The van der Waals surface area contributed by atoms with Gasteiger partial charge in [0, 0.05) is 37.0 Å². The minimum atomic E-state index is -2.81. The zero-order valence-electron chi connectivity index (χ0n) is 9.93. The summed E-state index contributed by atoms with van der Waals surface area (Å²) in [4.78, 5) is 4.20. The highest BCUT2D eigenvalue weighted by Crippen LogP contribution is 2.00. The van der Waals surface area contributed by atoms with Crippen LogP contribution in [0.2, 0.25) is 0 Å². The second-order valence-corrected chi connectivity index (χ2v) is 7.22. The quantitative estimate of drug-likeness (QED) is 0.715. The van der Waals surface area contributed by atoms with Gasteiger partial charge in [-0.3, -0.25) is 4.98 Å². The monoisotopic (exact) mass is 274 g/mol. The van der Waals surface area contributed by atoms with Gasteiger partial charge in [-0.1, -0.05) is 6.07 Å². The molecule has 0 fully saturated rings. The first kappa shape index (κ1) is 14.5. The summed E-state index contributed by atoms with van der Waals surface area (Å²) >= 11 is 1.65. The molecule has 0 atom stereocenters. The molecule has 1 N–H and O–H groups in total. The summed E-state index contributed by atoms with van der Waals surface area (Å²) in [7, 11) is -2.81. The molecule has 0 unspecified atom stereocenters. The molecule has 0 spiro atoms. The van der Waals surface area contributed by atoms with Crippen LogP contribution >= 0.6 is 11.8 Å². The van der Waals surface area contributed by atoms with Crippen LogP contribution in [-0.2, 0) is 16.4 Å². The topological polar surface area (TPSA) is 59.1 Å². The molecular weight excluding hydrogens is 256 g/mol. The first-order valence-electron chi connectivity index (χ1n) is 5.44. The van der Waals surface area contributed by atoms with E-state index in [1.54, 1.807) is 18.0 Å². The number of nitrogens with zero attached hydrogens (tertiary/aromatic N) is 1. The average Bonchev–Trinajstić information content (AvgIpc) is 2.28. The van der Waals surface area contributed by atoms with Crippen molar-refractivity contribution in [2.75, 3.05) is 30.1 Å². The third kappa shape index (κ3) is 8.18. The number of hydrogen-bond acceptors (Lipinski definition) is 5. The van der Waals surface area contributed by atoms with Gasteiger partial charge < -0.3 is 5.32 Å². The summed E-state index contributed by atoms with van der Waals surface area (Å²) in [5, 5.41) is 3.27. The SMILES string of the molecule is CS(=O)(=O)CCSCCNCc1ccccn1. The number of rotatable bonds is 8. The summed E-state index contributed by atoms with van der Waals surface area (Å²) in [6.07, 6.45) is 3.05. The number of sulfone groups is 1. The van der Waals surface area contributed by atoms with Crippen molar-refractivity contribution in [3.05, 3.63) is 30.1 Å². The lowest BCUT2D eigenvalue weighted by Crippen LogP contribution is -2.17. The van der Waals surface area contributed by atoms with Gasteiger partial charge in [0.15, 0.2) is 0 Å². The molecule has 6 heteroatoms. The second kappa shape index (κ2) is 7.68. The van der Waals surface area contributed by atoms with Gasteiger partial charge in [-0.25, -0.2) is 8.42 Å². The zero-order chi connectivity index (χ0) is 12.6. The molecule has 0 saturated heterocycles. The highest BCUT2D eigenvalue weighted by atomic mass is 32.2. The van der Waals surface area contributed by atoms with E-state index in [0.29, 0.717) is 5.75 Å². The molecule has 0 bridgehead atoms. The van der Waals surface area contributed by atoms with E-state index in [2.05, 4.69) is 10.3 Å². The van der Waals surface area contributed by atoms with Crippen LogP contribution < -0.4 is 5.32 Å². The van der Waals surface area contributed by atoms with Crippen LogP contribution in [-0.4, -0.2) is 43.5 Å². The average molecular weight is 274 g/mol. The Hall–Kier alpha value is -0.590. The van der Waals surface area contributed by atoms with E-state index in [9.17, 15) is 8.42 Å². The van der Waals surface area contributed by atoms with Crippen LogP contribution in [0.25, 0.3) is 0 Å². The minimum absolute atomic E-state index is 0.262. The van der Waals surface area contributed by atoms with Gasteiger partial charge in [-0.05, 0) is 12.1 Å². The van der Waals surface area contributed by atoms with E-state index in [0.717, 1.165) is 24.5 Å². The Kier molecular flexibility index (Phi) is 6.54. The van der Waals surface area contributed by atoms with Gasteiger partial charge in [-0.2, -0.15) is 11.8 Å². The molecule has 0 aliphatic carbocycles. The molecular formula is C11H18N2O2S2. The van der Waals surface area contributed by atoms with Crippen molar-refractivity contribution in [3.63, 3.8) is 0 Å². The molecule has 0 aromatic carbocycles. The number of nitrogens with one attached hydrogen (secondary N) is 1. The number of pyridine rings is 1. The fourth-order valence-corrected chi connectivity index (χ4v) is 3.35. The number of hydrogen-bond donors (Lipinski definition) is 1. The Balaban J connectivity index is 1.99. The fraction of sp³-hybridized carbons (Fsp3) is 0.545. The molecule has 1 aromatic rings. The maximum atomic E-state index is 10.9. The summed E-state index contributed by atoms with van der Waals surface area (Å²) in [5.41, 5.74) is 1.02. The Morgan fingerprint density at radius 1 is 1.35 bits per heavy atom. The Morgan fingerprint density at radius 3 is 2.82 bits per heavy atom. The third-order valence-corrected chi connectivity index (χ3v) is 4.24. The van der Waals surface area contributed by atoms with Crippen LogP contribution in [0, 0.1) is 0 Å².